The molecule has 1 atom stereocenters. The van der Waals surface area contributed by atoms with E-state index in [-0.39, 0.29) is 43.2 Å². The number of amides is 2. The maximum absolute atomic E-state index is 12.2. The highest BCUT2D eigenvalue weighted by Gasteiger charge is 2.22. The van der Waals surface area contributed by atoms with Crippen molar-refractivity contribution in [1.82, 2.24) is 5.32 Å². The highest BCUT2D eigenvalue weighted by Crippen LogP contribution is 2.26. The molecule has 5 nitrogen and oxygen atoms in total. The molecule has 1 unspecified atom stereocenters. The van der Waals surface area contributed by atoms with E-state index < -0.39 is 0 Å². The second-order valence-corrected chi connectivity index (χ2v) is 5.24. The van der Waals surface area contributed by atoms with Crippen LogP contribution in [0, 0.1) is 0 Å². The summed E-state index contributed by atoms with van der Waals surface area (Å²) < 4.78 is 0. The number of nitrogens with zero attached hydrogens (tertiary/aromatic N) is 1. The van der Waals surface area contributed by atoms with E-state index in [4.69, 9.17) is 5.73 Å². The number of carbonyl (C=O) groups is 2. The minimum atomic E-state index is -0.194. The Bertz CT molecular complexity index is 505. The van der Waals surface area contributed by atoms with Gasteiger partial charge in [0.2, 0.25) is 11.8 Å². The number of fused-ring (bicyclic) bond motifs is 1. The van der Waals surface area contributed by atoms with E-state index >= 15 is 0 Å². The molecule has 116 valence electrons. The molecule has 0 saturated carbocycles. The number of anilines is 1. The Morgan fingerprint density at radius 1 is 1.38 bits per heavy atom. The zero-order valence-electron chi connectivity index (χ0n) is 12.2. The maximum atomic E-state index is 12.2. The van der Waals surface area contributed by atoms with Gasteiger partial charge in [-0.15, -0.1) is 12.4 Å². The van der Waals surface area contributed by atoms with Crippen molar-refractivity contribution < 1.29 is 9.59 Å². The average Bonchev–Trinajstić information content (AvgIpc) is 2.43. The molecular formula is C15H22ClN3O2. The first kappa shape index (κ1) is 17.5. The van der Waals surface area contributed by atoms with Crippen LogP contribution in [0.3, 0.4) is 0 Å². The van der Waals surface area contributed by atoms with Crippen LogP contribution in [0.1, 0.15) is 25.3 Å². The number of nitrogens with one attached hydrogen (secondary N) is 1. The molecule has 21 heavy (non-hydrogen) atoms. The van der Waals surface area contributed by atoms with Crippen LogP contribution in [0.2, 0.25) is 0 Å². The normalized spacial score (nSPS) is 14.7. The fourth-order valence-electron chi connectivity index (χ4n) is 2.43. The molecule has 0 aliphatic carbocycles. The summed E-state index contributed by atoms with van der Waals surface area (Å²) in [7, 11) is 0. The summed E-state index contributed by atoms with van der Waals surface area (Å²) in [5.41, 5.74) is 7.70. The van der Waals surface area contributed by atoms with E-state index in [0.29, 0.717) is 6.54 Å². The summed E-state index contributed by atoms with van der Waals surface area (Å²) in [6, 6.07) is 7.72. The number of hydrogen-bond donors (Lipinski definition) is 2. The largest absolute Gasteiger partial charge is 0.347 e. The van der Waals surface area contributed by atoms with Gasteiger partial charge in [-0.1, -0.05) is 18.2 Å². The molecule has 0 bridgehead atoms. The molecule has 1 heterocycles. The molecule has 1 aromatic carbocycles. The molecule has 1 aliphatic rings. The van der Waals surface area contributed by atoms with Gasteiger partial charge in [-0.2, -0.15) is 0 Å². The first-order valence-corrected chi connectivity index (χ1v) is 6.98. The van der Waals surface area contributed by atoms with Gasteiger partial charge in [0.1, 0.15) is 0 Å². The zero-order chi connectivity index (χ0) is 14.5. The quantitative estimate of drug-likeness (QED) is 0.878. The Morgan fingerprint density at radius 3 is 2.81 bits per heavy atom. The monoisotopic (exact) mass is 311 g/mol. The van der Waals surface area contributed by atoms with Crippen molar-refractivity contribution >= 4 is 29.9 Å². The van der Waals surface area contributed by atoms with Crippen molar-refractivity contribution in [3.63, 3.8) is 0 Å². The SMILES string of the molecule is CC(N)CC(=O)NCC(=O)N1CCCc2ccccc21.Cl. The Morgan fingerprint density at radius 2 is 2.10 bits per heavy atom. The van der Waals surface area contributed by atoms with Crippen molar-refractivity contribution in [2.75, 3.05) is 18.0 Å². The predicted molar refractivity (Wildman–Crippen MR) is 85.6 cm³/mol. The summed E-state index contributed by atoms with van der Waals surface area (Å²) in [4.78, 5) is 25.5. The number of rotatable bonds is 4. The fraction of sp³-hybridized carbons (Fsp3) is 0.467. The van der Waals surface area contributed by atoms with Crippen LogP contribution < -0.4 is 16.0 Å². The third-order valence-corrected chi connectivity index (χ3v) is 3.36. The zero-order valence-corrected chi connectivity index (χ0v) is 13.0. The third-order valence-electron chi connectivity index (χ3n) is 3.36. The number of halogens is 1. The predicted octanol–water partition coefficient (Wildman–Crippen LogP) is 1.24. The second kappa shape index (κ2) is 8.00. The van der Waals surface area contributed by atoms with Crippen LogP contribution in [0.4, 0.5) is 5.69 Å². The van der Waals surface area contributed by atoms with E-state index in [2.05, 4.69) is 5.32 Å². The highest BCUT2D eigenvalue weighted by atomic mass is 35.5. The molecule has 0 aromatic heterocycles. The van der Waals surface area contributed by atoms with Crippen LogP contribution >= 0.6 is 12.4 Å². The molecule has 1 aliphatic heterocycles. The second-order valence-electron chi connectivity index (χ2n) is 5.24. The van der Waals surface area contributed by atoms with E-state index in [9.17, 15) is 9.59 Å². The lowest BCUT2D eigenvalue weighted by atomic mass is 10.0. The van der Waals surface area contributed by atoms with Crippen LogP contribution in [0.15, 0.2) is 24.3 Å². The standard InChI is InChI=1S/C15H21N3O2.ClH/c1-11(16)9-14(19)17-10-15(20)18-8-4-6-12-5-2-3-7-13(12)18;/h2-3,5,7,11H,4,6,8-10,16H2,1H3,(H,17,19);1H. The molecule has 0 fully saturated rings. The molecule has 0 saturated heterocycles. The van der Waals surface area contributed by atoms with Gasteiger partial charge in [-0.25, -0.2) is 0 Å². The van der Waals surface area contributed by atoms with E-state index in [1.807, 2.05) is 24.3 Å². The molecule has 2 amide bonds. The highest BCUT2D eigenvalue weighted by molar-refractivity contribution is 5.97. The Labute approximate surface area is 131 Å². The minimum Gasteiger partial charge on any atom is -0.347 e. The lowest BCUT2D eigenvalue weighted by Gasteiger charge is -2.29. The molecule has 2 rings (SSSR count). The number of benzene rings is 1. The summed E-state index contributed by atoms with van der Waals surface area (Å²) in [6.07, 6.45) is 2.19. The molecule has 0 spiro atoms. The smallest absolute Gasteiger partial charge is 0.246 e. The van der Waals surface area contributed by atoms with E-state index in [0.717, 1.165) is 18.5 Å². The van der Waals surface area contributed by atoms with Gasteiger partial charge >= 0.3 is 0 Å². The number of carbonyl (C=O) groups excluding carboxylic acids is 2. The average molecular weight is 312 g/mol. The van der Waals surface area contributed by atoms with Gasteiger partial charge < -0.3 is 16.0 Å². The summed E-state index contributed by atoms with van der Waals surface area (Å²) in [6.45, 7) is 2.50. The molecule has 0 radical (unpaired) electrons. The van der Waals surface area contributed by atoms with Gasteiger partial charge in [-0.3, -0.25) is 9.59 Å². The van der Waals surface area contributed by atoms with Crippen LogP contribution in [-0.2, 0) is 16.0 Å². The lowest BCUT2D eigenvalue weighted by Crippen LogP contribution is -2.43. The number of hydrogen-bond acceptors (Lipinski definition) is 3. The first-order valence-electron chi connectivity index (χ1n) is 6.98. The van der Waals surface area contributed by atoms with Gasteiger partial charge in [0.25, 0.3) is 0 Å². The molecule has 6 heteroatoms. The van der Waals surface area contributed by atoms with Crippen LogP contribution in [-0.4, -0.2) is 30.9 Å². The van der Waals surface area contributed by atoms with Crippen LogP contribution in [0.25, 0.3) is 0 Å². The number of para-hydroxylation sites is 1. The third kappa shape index (κ3) is 4.72. The van der Waals surface area contributed by atoms with E-state index in [1.54, 1.807) is 11.8 Å². The number of aryl methyl sites for hydroxylation is 1. The van der Waals surface area contributed by atoms with E-state index in [1.165, 1.54) is 5.56 Å². The Balaban J connectivity index is 0.00000220. The van der Waals surface area contributed by atoms with Crippen molar-refractivity contribution in [3.05, 3.63) is 29.8 Å². The topological polar surface area (TPSA) is 75.4 Å². The lowest BCUT2D eigenvalue weighted by molar-refractivity contribution is -0.125. The summed E-state index contributed by atoms with van der Waals surface area (Å²) in [5.74, 6) is -0.256. The first-order chi connectivity index (χ1) is 9.58. The van der Waals surface area contributed by atoms with Crippen molar-refractivity contribution in [1.29, 1.82) is 0 Å². The summed E-state index contributed by atoms with van der Waals surface area (Å²) in [5, 5.41) is 2.63. The fourth-order valence-corrected chi connectivity index (χ4v) is 2.43. The van der Waals surface area contributed by atoms with Crippen molar-refractivity contribution in [2.24, 2.45) is 5.73 Å². The van der Waals surface area contributed by atoms with Gasteiger partial charge in [0, 0.05) is 24.7 Å². The Hall–Kier alpha value is -1.59. The molecule has 3 N–H and O–H groups in total. The molecule has 1 aromatic rings. The maximum Gasteiger partial charge on any atom is 0.246 e. The van der Waals surface area contributed by atoms with Gasteiger partial charge in [-0.05, 0) is 31.4 Å². The van der Waals surface area contributed by atoms with Crippen molar-refractivity contribution in [3.8, 4) is 0 Å². The van der Waals surface area contributed by atoms with Gasteiger partial charge in [0.05, 0.1) is 6.54 Å². The number of nitrogens with two attached hydrogens (primary N) is 1. The van der Waals surface area contributed by atoms with Gasteiger partial charge in [0.15, 0.2) is 0 Å². The summed E-state index contributed by atoms with van der Waals surface area (Å²) >= 11 is 0. The molecular weight excluding hydrogens is 290 g/mol. The Kier molecular flexibility index (Phi) is 6.65. The van der Waals surface area contributed by atoms with Crippen molar-refractivity contribution in [2.45, 2.75) is 32.2 Å². The minimum absolute atomic E-state index is 0. The van der Waals surface area contributed by atoms with Crippen LogP contribution in [0.5, 0.6) is 0 Å².